The lowest BCUT2D eigenvalue weighted by Gasteiger charge is -2.34. The fraction of sp³-hybridized carbons (Fsp3) is 0.471. The van der Waals surface area contributed by atoms with Crippen LogP contribution in [0, 0.1) is 5.82 Å². The molecule has 2 aromatic rings. The molecule has 5 heteroatoms. The molecule has 0 radical (unpaired) electrons. The molecule has 4 rings (SSSR count). The van der Waals surface area contributed by atoms with Gasteiger partial charge in [0.2, 0.25) is 0 Å². The molecule has 0 spiro atoms. The van der Waals surface area contributed by atoms with Crippen molar-refractivity contribution in [2.24, 2.45) is 0 Å². The zero-order chi connectivity index (χ0) is 15.3. The number of hydrogen-bond acceptors (Lipinski definition) is 3. The molecule has 2 fully saturated rings. The second-order valence-corrected chi connectivity index (χ2v) is 6.43. The van der Waals surface area contributed by atoms with Gasteiger partial charge >= 0.3 is 0 Å². The molecule has 1 aromatic heterocycles. The van der Waals surface area contributed by atoms with Crippen molar-refractivity contribution in [3.8, 4) is 0 Å². The molecule has 22 heavy (non-hydrogen) atoms. The van der Waals surface area contributed by atoms with Gasteiger partial charge in [-0.2, -0.15) is 0 Å². The molecule has 1 aromatic carbocycles. The Kier molecular flexibility index (Phi) is 3.18. The van der Waals surface area contributed by atoms with Crippen LogP contribution in [0.4, 0.5) is 10.1 Å². The zero-order valence-electron chi connectivity index (χ0n) is 12.8. The minimum Gasteiger partial charge on any atom is -0.367 e. The summed E-state index contributed by atoms with van der Waals surface area (Å²) in [5, 5.41) is 0.491. The van der Waals surface area contributed by atoms with Crippen molar-refractivity contribution in [2.45, 2.75) is 18.9 Å². The van der Waals surface area contributed by atoms with E-state index in [0.717, 1.165) is 44.5 Å². The summed E-state index contributed by atoms with van der Waals surface area (Å²) in [5.41, 5.74) is 1.39. The summed E-state index contributed by atoms with van der Waals surface area (Å²) in [6.07, 6.45) is 4.13. The number of hydrogen-bond donors (Lipinski definition) is 0. The number of anilines is 1. The molecule has 2 heterocycles. The van der Waals surface area contributed by atoms with Crippen molar-refractivity contribution >= 4 is 16.6 Å². The molecule has 1 aliphatic heterocycles. The minimum absolute atomic E-state index is 0.101. The van der Waals surface area contributed by atoms with Crippen molar-refractivity contribution in [3.05, 3.63) is 40.4 Å². The highest BCUT2D eigenvalue weighted by molar-refractivity contribution is 5.83. The Bertz CT molecular complexity index is 773. The monoisotopic (exact) mass is 301 g/mol. The fourth-order valence-corrected chi connectivity index (χ4v) is 3.24. The predicted octanol–water partition coefficient (Wildman–Crippen LogP) is 2.23. The molecular formula is C17H20FN3O. The molecule has 0 bridgehead atoms. The standard InChI is InChI=1S/C17H20FN3O/c1-19-6-8-20(9-7-19)16-11-15-13(10-14(16)18)17(22)4-5-21(15)12-2-3-12/h4-5,10-12H,2-3,6-9H2,1H3. The Hall–Kier alpha value is -1.88. The van der Waals surface area contributed by atoms with Gasteiger partial charge in [0.05, 0.1) is 11.2 Å². The minimum atomic E-state index is -0.289. The van der Waals surface area contributed by atoms with Gasteiger partial charge in [-0.1, -0.05) is 0 Å². The third kappa shape index (κ3) is 2.29. The lowest BCUT2D eigenvalue weighted by Crippen LogP contribution is -2.44. The van der Waals surface area contributed by atoms with E-state index in [4.69, 9.17) is 0 Å². The molecule has 2 aliphatic rings. The van der Waals surface area contributed by atoms with Crippen LogP contribution in [0.5, 0.6) is 0 Å². The first-order valence-corrected chi connectivity index (χ1v) is 7.91. The maximum absolute atomic E-state index is 14.5. The van der Waals surface area contributed by atoms with Crippen molar-refractivity contribution < 1.29 is 4.39 Å². The van der Waals surface area contributed by atoms with Crippen LogP contribution in [0.1, 0.15) is 18.9 Å². The maximum Gasteiger partial charge on any atom is 0.189 e. The van der Waals surface area contributed by atoms with E-state index in [1.807, 2.05) is 12.3 Å². The average Bonchev–Trinajstić information content (AvgIpc) is 3.33. The first-order chi connectivity index (χ1) is 10.6. The summed E-state index contributed by atoms with van der Waals surface area (Å²) in [7, 11) is 2.08. The van der Waals surface area contributed by atoms with Crippen LogP contribution in [0.15, 0.2) is 29.2 Å². The zero-order valence-corrected chi connectivity index (χ0v) is 12.8. The number of halogens is 1. The summed E-state index contributed by atoms with van der Waals surface area (Å²) in [6, 6.07) is 5.31. The van der Waals surface area contributed by atoms with Gasteiger partial charge in [0.25, 0.3) is 0 Å². The number of piperazine rings is 1. The van der Waals surface area contributed by atoms with E-state index >= 15 is 0 Å². The summed E-state index contributed by atoms with van der Waals surface area (Å²) in [4.78, 5) is 16.4. The van der Waals surface area contributed by atoms with E-state index in [2.05, 4.69) is 21.4 Å². The average molecular weight is 301 g/mol. The second-order valence-electron chi connectivity index (χ2n) is 6.43. The molecule has 0 amide bonds. The predicted molar refractivity (Wildman–Crippen MR) is 86.1 cm³/mol. The van der Waals surface area contributed by atoms with Crippen LogP contribution in [-0.4, -0.2) is 42.7 Å². The third-order valence-electron chi connectivity index (χ3n) is 4.78. The van der Waals surface area contributed by atoms with E-state index in [-0.39, 0.29) is 11.2 Å². The van der Waals surface area contributed by atoms with Crippen LogP contribution < -0.4 is 10.3 Å². The van der Waals surface area contributed by atoms with Crippen molar-refractivity contribution in [1.82, 2.24) is 9.47 Å². The van der Waals surface area contributed by atoms with Crippen LogP contribution in [0.2, 0.25) is 0 Å². The molecule has 1 saturated heterocycles. The van der Waals surface area contributed by atoms with Gasteiger partial charge < -0.3 is 14.4 Å². The normalized spacial score (nSPS) is 19.8. The molecule has 0 unspecified atom stereocenters. The SMILES string of the molecule is CN1CCN(c2cc3c(cc2F)c(=O)ccn3C2CC2)CC1. The van der Waals surface area contributed by atoms with E-state index in [9.17, 15) is 9.18 Å². The van der Waals surface area contributed by atoms with Crippen LogP contribution in [0.25, 0.3) is 10.9 Å². The first kappa shape index (κ1) is 13.8. The molecular weight excluding hydrogens is 281 g/mol. The highest BCUT2D eigenvalue weighted by atomic mass is 19.1. The number of aromatic nitrogens is 1. The topological polar surface area (TPSA) is 28.5 Å². The number of nitrogens with zero attached hydrogens (tertiary/aromatic N) is 3. The van der Waals surface area contributed by atoms with E-state index in [1.165, 1.54) is 6.07 Å². The summed E-state index contributed by atoms with van der Waals surface area (Å²) in [5.74, 6) is -0.289. The van der Waals surface area contributed by atoms with Gasteiger partial charge in [0, 0.05) is 49.9 Å². The molecule has 4 nitrogen and oxygen atoms in total. The van der Waals surface area contributed by atoms with Gasteiger partial charge in [0.1, 0.15) is 5.82 Å². The molecule has 116 valence electrons. The number of rotatable bonds is 2. The van der Waals surface area contributed by atoms with E-state index < -0.39 is 0 Å². The Labute approximate surface area is 128 Å². The Balaban J connectivity index is 1.84. The van der Waals surface area contributed by atoms with Crippen molar-refractivity contribution in [3.63, 3.8) is 0 Å². The lowest BCUT2D eigenvalue weighted by molar-refractivity contribution is 0.312. The number of benzene rings is 1. The Morgan fingerprint density at radius 3 is 2.55 bits per heavy atom. The van der Waals surface area contributed by atoms with Crippen molar-refractivity contribution in [1.29, 1.82) is 0 Å². The van der Waals surface area contributed by atoms with Gasteiger partial charge in [-0.25, -0.2) is 4.39 Å². The summed E-state index contributed by atoms with van der Waals surface area (Å²) in [6.45, 7) is 3.50. The van der Waals surface area contributed by atoms with Gasteiger partial charge in [-0.05, 0) is 32.0 Å². The molecule has 1 saturated carbocycles. The molecule has 1 aliphatic carbocycles. The molecule has 0 N–H and O–H groups in total. The van der Waals surface area contributed by atoms with Crippen LogP contribution in [0.3, 0.4) is 0 Å². The van der Waals surface area contributed by atoms with E-state index in [0.29, 0.717) is 17.1 Å². The molecule has 0 atom stereocenters. The van der Waals surface area contributed by atoms with Gasteiger partial charge in [-0.3, -0.25) is 4.79 Å². The van der Waals surface area contributed by atoms with Crippen LogP contribution in [-0.2, 0) is 0 Å². The fourth-order valence-electron chi connectivity index (χ4n) is 3.24. The van der Waals surface area contributed by atoms with Crippen molar-refractivity contribution in [2.75, 3.05) is 38.1 Å². The smallest absolute Gasteiger partial charge is 0.189 e. The lowest BCUT2D eigenvalue weighted by atomic mass is 10.1. The highest BCUT2D eigenvalue weighted by Gasteiger charge is 2.25. The third-order valence-corrected chi connectivity index (χ3v) is 4.78. The van der Waals surface area contributed by atoms with Gasteiger partial charge in [0.15, 0.2) is 5.43 Å². The highest BCUT2D eigenvalue weighted by Crippen LogP contribution is 2.37. The largest absolute Gasteiger partial charge is 0.367 e. The second kappa shape index (κ2) is 5.09. The quantitative estimate of drug-likeness (QED) is 0.851. The number of likely N-dealkylation sites (N-methyl/N-ethyl adjacent to an activating group) is 1. The number of fused-ring (bicyclic) bond motifs is 1. The maximum atomic E-state index is 14.5. The summed E-state index contributed by atoms with van der Waals surface area (Å²) >= 11 is 0. The number of pyridine rings is 1. The Morgan fingerprint density at radius 1 is 1.14 bits per heavy atom. The Morgan fingerprint density at radius 2 is 1.86 bits per heavy atom. The van der Waals surface area contributed by atoms with Gasteiger partial charge in [-0.15, -0.1) is 0 Å². The van der Waals surface area contributed by atoms with Crippen LogP contribution >= 0.6 is 0 Å². The first-order valence-electron chi connectivity index (χ1n) is 7.91. The van der Waals surface area contributed by atoms with E-state index in [1.54, 1.807) is 6.07 Å². The summed E-state index contributed by atoms with van der Waals surface area (Å²) < 4.78 is 16.7.